The van der Waals surface area contributed by atoms with Gasteiger partial charge in [-0.15, -0.1) is 11.3 Å². The molecule has 0 aliphatic rings. The standard InChI is InChI=1S/C15H18FNS/c1-15(2,10-17-3)12-8-14(18-9-12)11-4-6-13(16)7-5-11/h4-9,17H,10H2,1-3H3. The lowest BCUT2D eigenvalue weighted by Crippen LogP contribution is -2.30. The van der Waals surface area contributed by atoms with Crippen LogP contribution in [0.15, 0.2) is 35.7 Å². The molecule has 0 fully saturated rings. The summed E-state index contributed by atoms with van der Waals surface area (Å²) < 4.78 is 12.9. The molecule has 2 rings (SSSR count). The SMILES string of the molecule is CNCC(C)(C)c1csc(-c2ccc(F)cc2)c1. The van der Waals surface area contributed by atoms with Crippen LogP contribution in [-0.4, -0.2) is 13.6 Å². The van der Waals surface area contributed by atoms with Crippen LogP contribution in [0.25, 0.3) is 10.4 Å². The minimum atomic E-state index is -0.189. The summed E-state index contributed by atoms with van der Waals surface area (Å²) in [5.41, 5.74) is 2.51. The number of hydrogen-bond donors (Lipinski definition) is 1. The summed E-state index contributed by atoms with van der Waals surface area (Å²) in [6.07, 6.45) is 0. The molecule has 0 bridgehead atoms. The lowest BCUT2D eigenvalue weighted by molar-refractivity contribution is 0.496. The van der Waals surface area contributed by atoms with E-state index in [1.165, 1.54) is 22.6 Å². The Bertz CT molecular complexity index is 514. The molecule has 1 aromatic carbocycles. The number of hydrogen-bond acceptors (Lipinski definition) is 2. The second kappa shape index (κ2) is 5.21. The van der Waals surface area contributed by atoms with Crippen molar-refractivity contribution in [1.29, 1.82) is 0 Å². The molecule has 1 N–H and O–H groups in total. The number of thiophene rings is 1. The van der Waals surface area contributed by atoms with Gasteiger partial charge in [0.25, 0.3) is 0 Å². The summed E-state index contributed by atoms with van der Waals surface area (Å²) in [6.45, 7) is 5.38. The predicted octanol–water partition coefficient (Wildman–Crippen LogP) is 4.05. The Morgan fingerprint density at radius 1 is 1.22 bits per heavy atom. The first-order chi connectivity index (χ1) is 8.53. The van der Waals surface area contributed by atoms with E-state index in [1.807, 2.05) is 19.2 Å². The number of halogens is 1. The largest absolute Gasteiger partial charge is 0.319 e. The summed E-state index contributed by atoms with van der Waals surface area (Å²) in [7, 11) is 1.97. The normalized spacial score (nSPS) is 11.8. The van der Waals surface area contributed by atoms with E-state index in [1.54, 1.807) is 11.3 Å². The monoisotopic (exact) mass is 263 g/mol. The van der Waals surface area contributed by atoms with Gasteiger partial charge in [-0.3, -0.25) is 0 Å². The van der Waals surface area contributed by atoms with Crippen molar-refractivity contribution in [1.82, 2.24) is 5.32 Å². The Kier molecular flexibility index (Phi) is 3.83. The molecule has 2 aromatic rings. The Morgan fingerprint density at radius 2 is 1.89 bits per heavy atom. The molecular formula is C15H18FNS. The van der Waals surface area contributed by atoms with Crippen LogP contribution in [0.5, 0.6) is 0 Å². The fraction of sp³-hybridized carbons (Fsp3) is 0.333. The first kappa shape index (κ1) is 13.2. The Morgan fingerprint density at radius 3 is 2.50 bits per heavy atom. The van der Waals surface area contributed by atoms with Crippen LogP contribution < -0.4 is 5.32 Å². The number of rotatable bonds is 4. The summed E-state index contributed by atoms with van der Waals surface area (Å²) in [4.78, 5) is 1.19. The summed E-state index contributed by atoms with van der Waals surface area (Å²) in [5.74, 6) is -0.189. The van der Waals surface area contributed by atoms with E-state index in [2.05, 4.69) is 30.6 Å². The van der Waals surface area contributed by atoms with Gasteiger partial charge < -0.3 is 5.32 Å². The molecular weight excluding hydrogens is 245 g/mol. The van der Waals surface area contributed by atoms with Crippen LogP contribution in [-0.2, 0) is 5.41 Å². The van der Waals surface area contributed by atoms with Gasteiger partial charge in [0.05, 0.1) is 0 Å². The van der Waals surface area contributed by atoms with Crippen LogP contribution in [0.2, 0.25) is 0 Å². The molecule has 18 heavy (non-hydrogen) atoms. The highest BCUT2D eigenvalue weighted by atomic mass is 32.1. The minimum absolute atomic E-state index is 0.115. The summed E-state index contributed by atoms with van der Waals surface area (Å²) in [6, 6.07) is 8.88. The van der Waals surface area contributed by atoms with Gasteiger partial charge in [0.15, 0.2) is 0 Å². The smallest absolute Gasteiger partial charge is 0.123 e. The molecule has 0 aliphatic carbocycles. The number of nitrogens with one attached hydrogen (secondary N) is 1. The second-order valence-corrected chi connectivity index (χ2v) is 6.03. The average Bonchev–Trinajstić information content (AvgIpc) is 2.80. The van der Waals surface area contributed by atoms with Gasteiger partial charge in [-0.05, 0) is 41.8 Å². The van der Waals surface area contributed by atoms with Gasteiger partial charge in [0, 0.05) is 16.8 Å². The molecule has 1 aromatic heterocycles. The van der Waals surface area contributed by atoms with Crippen LogP contribution in [0, 0.1) is 5.82 Å². The fourth-order valence-corrected chi connectivity index (χ4v) is 3.11. The molecule has 1 nitrogen and oxygen atoms in total. The molecule has 0 unspecified atom stereocenters. The predicted molar refractivity (Wildman–Crippen MR) is 76.7 cm³/mol. The van der Waals surface area contributed by atoms with Crippen molar-refractivity contribution in [2.45, 2.75) is 19.3 Å². The zero-order valence-corrected chi connectivity index (χ0v) is 11.8. The highest BCUT2D eigenvalue weighted by molar-refractivity contribution is 7.13. The van der Waals surface area contributed by atoms with E-state index >= 15 is 0 Å². The van der Waals surface area contributed by atoms with E-state index in [0.29, 0.717) is 0 Å². The highest BCUT2D eigenvalue weighted by Gasteiger charge is 2.21. The van der Waals surface area contributed by atoms with E-state index in [9.17, 15) is 4.39 Å². The lowest BCUT2D eigenvalue weighted by atomic mass is 9.86. The third-order valence-electron chi connectivity index (χ3n) is 3.13. The molecule has 3 heteroatoms. The first-order valence-corrected chi connectivity index (χ1v) is 6.90. The van der Waals surface area contributed by atoms with E-state index in [-0.39, 0.29) is 11.2 Å². The second-order valence-electron chi connectivity index (χ2n) is 5.12. The van der Waals surface area contributed by atoms with Gasteiger partial charge in [0.1, 0.15) is 5.82 Å². The third kappa shape index (κ3) is 2.79. The van der Waals surface area contributed by atoms with Gasteiger partial charge in [-0.1, -0.05) is 26.0 Å². The van der Waals surface area contributed by atoms with Gasteiger partial charge >= 0.3 is 0 Å². The molecule has 0 saturated carbocycles. The van der Waals surface area contributed by atoms with Crippen molar-refractivity contribution in [3.05, 3.63) is 47.1 Å². The maximum absolute atomic E-state index is 12.9. The van der Waals surface area contributed by atoms with Crippen molar-refractivity contribution in [2.24, 2.45) is 0 Å². The highest BCUT2D eigenvalue weighted by Crippen LogP contribution is 2.33. The van der Waals surface area contributed by atoms with E-state index in [4.69, 9.17) is 0 Å². The Balaban J connectivity index is 2.28. The molecule has 1 heterocycles. The zero-order chi connectivity index (χ0) is 13.2. The van der Waals surface area contributed by atoms with Crippen molar-refractivity contribution < 1.29 is 4.39 Å². The first-order valence-electron chi connectivity index (χ1n) is 6.02. The average molecular weight is 263 g/mol. The Hall–Kier alpha value is -1.19. The molecule has 0 saturated heterocycles. The molecule has 0 spiro atoms. The number of likely N-dealkylation sites (N-methyl/N-ethyl adjacent to an activating group) is 1. The summed E-state index contributed by atoms with van der Waals surface area (Å²) >= 11 is 1.71. The maximum Gasteiger partial charge on any atom is 0.123 e. The van der Waals surface area contributed by atoms with E-state index in [0.717, 1.165) is 12.1 Å². The van der Waals surface area contributed by atoms with Crippen LogP contribution in [0.1, 0.15) is 19.4 Å². The van der Waals surface area contributed by atoms with Crippen molar-refractivity contribution >= 4 is 11.3 Å². The van der Waals surface area contributed by atoms with Crippen LogP contribution in [0.3, 0.4) is 0 Å². The quantitative estimate of drug-likeness (QED) is 0.877. The molecule has 0 aliphatic heterocycles. The third-order valence-corrected chi connectivity index (χ3v) is 4.11. The van der Waals surface area contributed by atoms with Crippen molar-refractivity contribution in [2.75, 3.05) is 13.6 Å². The van der Waals surface area contributed by atoms with Gasteiger partial charge in [-0.2, -0.15) is 0 Å². The van der Waals surface area contributed by atoms with Crippen LogP contribution >= 0.6 is 11.3 Å². The topological polar surface area (TPSA) is 12.0 Å². The van der Waals surface area contributed by atoms with Crippen molar-refractivity contribution in [3.8, 4) is 10.4 Å². The van der Waals surface area contributed by atoms with E-state index < -0.39 is 0 Å². The maximum atomic E-state index is 12.9. The molecule has 0 amide bonds. The zero-order valence-electron chi connectivity index (χ0n) is 11.0. The minimum Gasteiger partial charge on any atom is -0.319 e. The van der Waals surface area contributed by atoms with Crippen LogP contribution in [0.4, 0.5) is 4.39 Å². The van der Waals surface area contributed by atoms with Crippen molar-refractivity contribution in [3.63, 3.8) is 0 Å². The Labute approximate surface area is 112 Å². The number of benzene rings is 1. The molecule has 0 radical (unpaired) electrons. The molecule has 0 atom stereocenters. The van der Waals surface area contributed by atoms with Gasteiger partial charge in [-0.25, -0.2) is 4.39 Å². The fourth-order valence-electron chi connectivity index (χ4n) is 2.00. The molecule has 96 valence electrons. The van der Waals surface area contributed by atoms with Gasteiger partial charge in [0.2, 0.25) is 0 Å². The summed E-state index contributed by atoms with van der Waals surface area (Å²) in [5, 5.41) is 5.41. The lowest BCUT2D eigenvalue weighted by Gasteiger charge is -2.23.